The van der Waals surface area contributed by atoms with Gasteiger partial charge in [0, 0.05) is 12.1 Å². The van der Waals surface area contributed by atoms with Gasteiger partial charge in [0.15, 0.2) is 17.6 Å². The topological polar surface area (TPSA) is 123 Å². The van der Waals surface area contributed by atoms with Crippen LogP contribution in [0, 0.1) is 11.6 Å². The number of guanidine groups is 2. The summed E-state index contributed by atoms with van der Waals surface area (Å²) >= 11 is 0. The molecule has 0 bridgehead atoms. The van der Waals surface area contributed by atoms with Crippen LogP contribution in [0.25, 0.3) is 0 Å². The highest BCUT2D eigenvalue weighted by atomic mass is 19.1. The number of halogens is 2. The SMILES string of the molecule is NC(N)=NC(N)=Nc1c(F)cc(O)cc1F. The molecule has 8 heteroatoms. The zero-order chi connectivity index (χ0) is 12.3. The van der Waals surface area contributed by atoms with E-state index in [1.807, 2.05) is 0 Å². The van der Waals surface area contributed by atoms with Crippen LogP contribution in [-0.2, 0) is 0 Å². The lowest BCUT2D eigenvalue weighted by Crippen LogP contribution is -2.26. The van der Waals surface area contributed by atoms with Crippen molar-refractivity contribution in [2.24, 2.45) is 27.2 Å². The fraction of sp³-hybridized carbons (Fsp3) is 0. The Hall–Kier alpha value is -2.38. The van der Waals surface area contributed by atoms with E-state index in [4.69, 9.17) is 22.3 Å². The van der Waals surface area contributed by atoms with Crippen LogP contribution < -0.4 is 17.2 Å². The highest BCUT2D eigenvalue weighted by molar-refractivity contribution is 5.93. The van der Waals surface area contributed by atoms with Crippen LogP contribution in [0.2, 0.25) is 0 Å². The first kappa shape index (κ1) is 11.7. The van der Waals surface area contributed by atoms with Crippen molar-refractivity contribution in [1.82, 2.24) is 0 Å². The van der Waals surface area contributed by atoms with Crippen molar-refractivity contribution >= 4 is 17.6 Å². The summed E-state index contributed by atoms with van der Waals surface area (Å²) in [5.41, 5.74) is 14.5. The number of rotatable bonds is 1. The molecule has 0 atom stereocenters. The third kappa shape index (κ3) is 2.80. The van der Waals surface area contributed by atoms with Crippen molar-refractivity contribution in [2.45, 2.75) is 0 Å². The number of hydrogen-bond acceptors (Lipinski definition) is 2. The second-order valence-electron chi connectivity index (χ2n) is 2.76. The number of aliphatic imine (C=N–C) groups is 2. The molecule has 0 aliphatic rings. The number of hydrogen-bond donors (Lipinski definition) is 4. The van der Waals surface area contributed by atoms with Gasteiger partial charge < -0.3 is 22.3 Å². The molecule has 1 aromatic carbocycles. The van der Waals surface area contributed by atoms with Crippen molar-refractivity contribution in [3.8, 4) is 5.75 Å². The summed E-state index contributed by atoms with van der Waals surface area (Å²) in [7, 11) is 0. The van der Waals surface area contributed by atoms with Gasteiger partial charge in [0.25, 0.3) is 0 Å². The normalized spacial score (nSPS) is 11.2. The minimum absolute atomic E-state index is 0.388. The van der Waals surface area contributed by atoms with Gasteiger partial charge in [-0.15, -0.1) is 0 Å². The minimum atomic E-state index is -1.08. The molecule has 0 saturated carbocycles. The molecule has 0 amide bonds. The van der Waals surface area contributed by atoms with Crippen LogP contribution in [0.5, 0.6) is 5.75 Å². The minimum Gasteiger partial charge on any atom is -0.508 e. The molecule has 0 aromatic heterocycles. The van der Waals surface area contributed by atoms with Gasteiger partial charge in [0.05, 0.1) is 0 Å². The maximum absolute atomic E-state index is 13.1. The van der Waals surface area contributed by atoms with E-state index in [1.165, 1.54) is 0 Å². The van der Waals surface area contributed by atoms with E-state index in [2.05, 4.69) is 9.98 Å². The van der Waals surface area contributed by atoms with E-state index in [-0.39, 0.29) is 5.96 Å². The van der Waals surface area contributed by atoms with Crippen molar-refractivity contribution in [3.63, 3.8) is 0 Å². The summed E-state index contributed by atoms with van der Waals surface area (Å²) in [6.45, 7) is 0. The molecular weight excluding hydrogens is 220 g/mol. The number of nitrogens with zero attached hydrogens (tertiary/aromatic N) is 2. The average Bonchev–Trinajstić information content (AvgIpc) is 2.09. The highest BCUT2D eigenvalue weighted by Crippen LogP contribution is 2.26. The molecule has 0 aliphatic carbocycles. The third-order valence-electron chi connectivity index (χ3n) is 1.47. The first-order valence-electron chi connectivity index (χ1n) is 4.02. The van der Waals surface area contributed by atoms with Gasteiger partial charge >= 0.3 is 0 Å². The number of benzene rings is 1. The molecule has 86 valence electrons. The Bertz CT molecular complexity index is 444. The van der Waals surface area contributed by atoms with E-state index in [0.29, 0.717) is 12.1 Å². The Morgan fingerprint density at radius 1 is 1.12 bits per heavy atom. The lowest BCUT2D eigenvalue weighted by Gasteiger charge is -2.01. The first-order valence-corrected chi connectivity index (χ1v) is 4.02. The van der Waals surface area contributed by atoms with E-state index in [9.17, 15) is 8.78 Å². The zero-order valence-corrected chi connectivity index (χ0v) is 7.98. The summed E-state index contributed by atoms with van der Waals surface area (Å²) in [6, 6.07) is 1.37. The maximum atomic E-state index is 13.1. The summed E-state index contributed by atoms with van der Waals surface area (Å²) in [6.07, 6.45) is 0. The second kappa shape index (κ2) is 4.43. The van der Waals surface area contributed by atoms with Gasteiger partial charge in [0.1, 0.15) is 11.4 Å². The molecule has 0 unspecified atom stereocenters. The van der Waals surface area contributed by atoms with Crippen LogP contribution >= 0.6 is 0 Å². The van der Waals surface area contributed by atoms with E-state index >= 15 is 0 Å². The summed E-state index contributed by atoms with van der Waals surface area (Å²) < 4.78 is 26.3. The predicted octanol–water partition coefficient (Wildman–Crippen LogP) is -0.110. The molecule has 1 aromatic rings. The molecule has 16 heavy (non-hydrogen) atoms. The Balaban J connectivity index is 3.20. The van der Waals surface area contributed by atoms with E-state index in [1.54, 1.807) is 0 Å². The molecule has 1 rings (SSSR count). The number of nitrogens with two attached hydrogens (primary N) is 3. The van der Waals surface area contributed by atoms with Crippen LogP contribution in [-0.4, -0.2) is 17.0 Å². The summed E-state index contributed by atoms with van der Waals surface area (Å²) in [5.74, 6) is -3.60. The largest absolute Gasteiger partial charge is 0.508 e. The molecular formula is C8H9F2N5O. The average molecular weight is 229 g/mol. The van der Waals surface area contributed by atoms with Gasteiger partial charge in [-0.2, -0.15) is 4.99 Å². The quantitative estimate of drug-likeness (QED) is 0.396. The zero-order valence-electron chi connectivity index (χ0n) is 7.98. The van der Waals surface area contributed by atoms with Crippen molar-refractivity contribution < 1.29 is 13.9 Å². The maximum Gasteiger partial charge on any atom is 0.223 e. The Labute approximate surface area is 89.1 Å². The van der Waals surface area contributed by atoms with Crippen LogP contribution in [0.4, 0.5) is 14.5 Å². The first-order chi connectivity index (χ1) is 7.40. The third-order valence-corrected chi connectivity index (χ3v) is 1.47. The number of phenolic OH excluding ortho intramolecular Hbond substituents is 1. The summed E-state index contributed by atoms with van der Waals surface area (Å²) in [5, 5.41) is 8.87. The van der Waals surface area contributed by atoms with Gasteiger partial charge in [-0.25, -0.2) is 13.8 Å². The number of aromatic hydroxyl groups is 1. The lowest BCUT2D eigenvalue weighted by atomic mass is 10.3. The summed E-state index contributed by atoms with van der Waals surface area (Å²) in [4.78, 5) is 6.61. The molecule has 0 heterocycles. The number of phenols is 1. The predicted molar refractivity (Wildman–Crippen MR) is 55.1 cm³/mol. The van der Waals surface area contributed by atoms with Crippen LogP contribution in [0.3, 0.4) is 0 Å². The fourth-order valence-corrected chi connectivity index (χ4v) is 0.931. The standard InChI is InChI=1S/C8H9F2N5O/c9-4-1-3(16)2-5(10)6(4)14-8(13)15-7(11)12/h1-2,16H,(H6,11,12,13,14,15). The Kier molecular flexibility index (Phi) is 3.24. The van der Waals surface area contributed by atoms with Crippen LogP contribution in [0.1, 0.15) is 0 Å². The monoisotopic (exact) mass is 229 g/mol. The second-order valence-corrected chi connectivity index (χ2v) is 2.76. The molecule has 7 N–H and O–H groups in total. The molecule has 0 saturated heterocycles. The van der Waals surface area contributed by atoms with E-state index in [0.717, 1.165) is 0 Å². The van der Waals surface area contributed by atoms with Crippen molar-refractivity contribution in [1.29, 1.82) is 0 Å². The van der Waals surface area contributed by atoms with Crippen molar-refractivity contribution in [3.05, 3.63) is 23.8 Å². The molecule has 0 spiro atoms. The van der Waals surface area contributed by atoms with Gasteiger partial charge in [-0.1, -0.05) is 0 Å². The lowest BCUT2D eigenvalue weighted by molar-refractivity contribution is 0.461. The highest BCUT2D eigenvalue weighted by Gasteiger charge is 2.10. The van der Waals surface area contributed by atoms with Crippen molar-refractivity contribution in [2.75, 3.05) is 0 Å². The Morgan fingerprint density at radius 2 is 1.62 bits per heavy atom. The van der Waals surface area contributed by atoms with Gasteiger partial charge in [0.2, 0.25) is 5.96 Å². The van der Waals surface area contributed by atoms with Gasteiger partial charge in [-0.05, 0) is 0 Å². The molecule has 0 fully saturated rings. The fourth-order valence-electron chi connectivity index (χ4n) is 0.931. The molecule has 6 nitrogen and oxygen atoms in total. The van der Waals surface area contributed by atoms with Gasteiger partial charge in [-0.3, -0.25) is 0 Å². The smallest absolute Gasteiger partial charge is 0.223 e. The molecule has 0 radical (unpaired) electrons. The molecule has 0 aliphatic heterocycles. The van der Waals surface area contributed by atoms with E-state index < -0.39 is 29.0 Å². The Morgan fingerprint density at radius 3 is 2.06 bits per heavy atom. The van der Waals surface area contributed by atoms with Crippen LogP contribution in [0.15, 0.2) is 22.1 Å².